The molecular weight excluding hydrogens is 277 g/mol. The molecule has 0 aromatic heterocycles. The molecule has 19 heavy (non-hydrogen) atoms. The summed E-state index contributed by atoms with van der Waals surface area (Å²) < 4.78 is 38.2. The Balaban J connectivity index is 3.10. The van der Waals surface area contributed by atoms with E-state index in [1.54, 1.807) is 24.3 Å². The minimum atomic E-state index is -4.45. The van der Waals surface area contributed by atoms with Gasteiger partial charge in [0.2, 0.25) is 5.24 Å². The standard InChI is InChI=1S/C14H16ClF3O/c1-8(2)10-4-6-11(7-5-10)12(13(15)19)9(3)14(16,17)18/h4-9,12H,1-3H3/t9-,12+/m1/s1. The Morgan fingerprint density at radius 1 is 1.05 bits per heavy atom. The first kappa shape index (κ1) is 16.0. The largest absolute Gasteiger partial charge is 0.392 e. The third kappa shape index (κ3) is 3.96. The van der Waals surface area contributed by atoms with Crippen molar-refractivity contribution in [2.75, 3.05) is 0 Å². The van der Waals surface area contributed by atoms with E-state index in [1.165, 1.54) is 0 Å². The number of rotatable bonds is 4. The lowest BCUT2D eigenvalue weighted by Gasteiger charge is -2.23. The summed E-state index contributed by atoms with van der Waals surface area (Å²) >= 11 is 5.34. The normalized spacial score (nSPS) is 15.4. The second-order valence-corrected chi connectivity index (χ2v) is 5.31. The maximum absolute atomic E-state index is 12.7. The van der Waals surface area contributed by atoms with E-state index in [9.17, 15) is 18.0 Å². The van der Waals surface area contributed by atoms with Gasteiger partial charge in [-0.2, -0.15) is 13.2 Å². The number of alkyl halides is 3. The minimum absolute atomic E-state index is 0.277. The monoisotopic (exact) mass is 292 g/mol. The molecule has 1 rings (SSSR count). The molecule has 2 atom stereocenters. The fourth-order valence-electron chi connectivity index (χ4n) is 1.89. The number of halogens is 4. The summed E-state index contributed by atoms with van der Waals surface area (Å²) in [6.07, 6.45) is -4.45. The van der Waals surface area contributed by atoms with E-state index in [0.717, 1.165) is 12.5 Å². The van der Waals surface area contributed by atoms with E-state index in [0.29, 0.717) is 5.56 Å². The first-order valence-electron chi connectivity index (χ1n) is 6.00. The molecule has 0 N–H and O–H groups in total. The lowest BCUT2D eigenvalue weighted by Crippen LogP contribution is -2.29. The van der Waals surface area contributed by atoms with E-state index >= 15 is 0 Å². The van der Waals surface area contributed by atoms with E-state index in [2.05, 4.69) is 0 Å². The third-order valence-corrected chi connectivity index (χ3v) is 3.46. The second kappa shape index (κ2) is 5.95. The van der Waals surface area contributed by atoms with Crippen molar-refractivity contribution < 1.29 is 18.0 Å². The van der Waals surface area contributed by atoms with Gasteiger partial charge < -0.3 is 0 Å². The van der Waals surface area contributed by atoms with Crippen LogP contribution in [0.15, 0.2) is 24.3 Å². The molecule has 0 spiro atoms. The summed E-state index contributed by atoms with van der Waals surface area (Å²) in [5, 5.41) is -0.984. The van der Waals surface area contributed by atoms with Crippen molar-refractivity contribution in [1.29, 1.82) is 0 Å². The summed E-state index contributed by atoms with van der Waals surface area (Å²) in [5.74, 6) is -2.88. The van der Waals surface area contributed by atoms with Gasteiger partial charge >= 0.3 is 6.18 Å². The van der Waals surface area contributed by atoms with Gasteiger partial charge in [-0.3, -0.25) is 4.79 Å². The van der Waals surface area contributed by atoms with Gasteiger partial charge in [0, 0.05) is 0 Å². The van der Waals surface area contributed by atoms with E-state index in [-0.39, 0.29) is 5.92 Å². The van der Waals surface area contributed by atoms with Gasteiger partial charge in [0.1, 0.15) is 0 Å². The molecule has 0 amide bonds. The molecule has 0 bridgehead atoms. The van der Waals surface area contributed by atoms with Gasteiger partial charge in [-0.25, -0.2) is 0 Å². The molecule has 1 aromatic carbocycles. The van der Waals surface area contributed by atoms with Gasteiger partial charge in [-0.05, 0) is 28.6 Å². The minimum Gasteiger partial charge on any atom is -0.281 e. The molecule has 1 aromatic rings. The van der Waals surface area contributed by atoms with E-state index < -0.39 is 23.3 Å². The van der Waals surface area contributed by atoms with E-state index in [1.807, 2.05) is 13.8 Å². The molecule has 1 nitrogen and oxygen atoms in total. The fourth-order valence-corrected chi connectivity index (χ4v) is 2.21. The Morgan fingerprint density at radius 2 is 1.47 bits per heavy atom. The Kier molecular flexibility index (Phi) is 5.02. The van der Waals surface area contributed by atoms with E-state index in [4.69, 9.17) is 11.6 Å². The van der Waals surface area contributed by atoms with Crippen LogP contribution in [-0.2, 0) is 4.79 Å². The number of hydrogen-bond acceptors (Lipinski definition) is 1. The zero-order valence-electron chi connectivity index (χ0n) is 11.0. The van der Waals surface area contributed by atoms with Crippen LogP contribution >= 0.6 is 11.6 Å². The Labute approximate surface area is 115 Å². The zero-order valence-corrected chi connectivity index (χ0v) is 11.7. The van der Waals surface area contributed by atoms with Crippen LogP contribution in [-0.4, -0.2) is 11.4 Å². The molecule has 106 valence electrons. The molecule has 0 aliphatic carbocycles. The molecular formula is C14H16ClF3O. The Hall–Kier alpha value is -1.03. The number of carbonyl (C=O) groups excluding carboxylic acids is 1. The quantitative estimate of drug-likeness (QED) is 0.725. The highest BCUT2D eigenvalue weighted by Gasteiger charge is 2.44. The lowest BCUT2D eigenvalue weighted by atomic mass is 9.86. The molecule has 0 aliphatic heterocycles. The second-order valence-electron chi connectivity index (χ2n) is 4.93. The smallest absolute Gasteiger partial charge is 0.281 e. The van der Waals surface area contributed by atoms with Crippen molar-refractivity contribution in [3.8, 4) is 0 Å². The van der Waals surface area contributed by atoms with Crippen LogP contribution in [0, 0.1) is 5.92 Å². The van der Waals surface area contributed by atoms with Crippen LogP contribution < -0.4 is 0 Å². The van der Waals surface area contributed by atoms with Crippen molar-refractivity contribution >= 4 is 16.8 Å². The SMILES string of the molecule is CC(C)c1ccc([C@@H](C(=O)Cl)[C@@H](C)C(F)(F)F)cc1. The fraction of sp³-hybridized carbons (Fsp3) is 0.500. The van der Waals surface area contributed by atoms with Gasteiger partial charge in [0.05, 0.1) is 11.8 Å². The summed E-state index contributed by atoms with van der Waals surface area (Å²) in [5.41, 5.74) is 1.30. The average Bonchev–Trinajstić information content (AvgIpc) is 2.28. The van der Waals surface area contributed by atoms with Gasteiger partial charge in [0.25, 0.3) is 0 Å². The average molecular weight is 293 g/mol. The summed E-state index contributed by atoms with van der Waals surface area (Å²) in [6.45, 7) is 4.94. The predicted molar refractivity (Wildman–Crippen MR) is 69.4 cm³/mol. The van der Waals surface area contributed by atoms with Gasteiger partial charge in [-0.1, -0.05) is 45.0 Å². The number of benzene rings is 1. The van der Waals surface area contributed by atoms with Crippen LogP contribution in [0.4, 0.5) is 13.2 Å². The molecule has 0 saturated heterocycles. The molecule has 0 heterocycles. The van der Waals surface area contributed by atoms with Crippen molar-refractivity contribution in [2.45, 2.75) is 38.8 Å². The zero-order chi connectivity index (χ0) is 14.8. The Morgan fingerprint density at radius 3 is 1.79 bits per heavy atom. The molecule has 0 unspecified atom stereocenters. The molecule has 0 radical (unpaired) electrons. The first-order valence-corrected chi connectivity index (χ1v) is 6.38. The number of carbonyl (C=O) groups is 1. The first-order chi connectivity index (χ1) is 8.64. The maximum atomic E-state index is 12.7. The van der Waals surface area contributed by atoms with Crippen molar-refractivity contribution in [1.82, 2.24) is 0 Å². The summed E-state index contributed by atoms with van der Waals surface area (Å²) in [6, 6.07) is 6.55. The lowest BCUT2D eigenvalue weighted by molar-refractivity contribution is -0.177. The molecule has 0 aliphatic rings. The van der Waals surface area contributed by atoms with Crippen LogP contribution in [0.25, 0.3) is 0 Å². The van der Waals surface area contributed by atoms with Crippen LogP contribution in [0.3, 0.4) is 0 Å². The molecule has 0 fully saturated rings. The Bertz CT molecular complexity index is 437. The highest BCUT2D eigenvalue weighted by molar-refractivity contribution is 6.64. The third-order valence-electron chi connectivity index (χ3n) is 3.22. The topological polar surface area (TPSA) is 17.1 Å². The highest BCUT2D eigenvalue weighted by Crippen LogP contribution is 2.38. The summed E-state index contributed by atoms with van der Waals surface area (Å²) in [4.78, 5) is 11.3. The van der Waals surface area contributed by atoms with Gasteiger partial charge in [-0.15, -0.1) is 0 Å². The van der Waals surface area contributed by atoms with Crippen molar-refractivity contribution in [3.05, 3.63) is 35.4 Å². The van der Waals surface area contributed by atoms with Crippen LogP contribution in [0.5, 0.6) is 0 Å². The maximum Gasteiger partial charge on any atom is 0.392 e. The summed E-state index contributed by atoms with van der Waals surface area (Å²) in [7, 11) is 0. The molecule has 0 saturated carbocycles. The van der Waals surface area contributed by atoms with Crippen LogP contribution in [0.2, 0.25) is 0 Å². The predicted octanol–water partition coefficient (Wildman–Crippen LogP) is 4.86. The van der Waals surface area contributed by atoms with Crippen molar-refractivity contribution in [2.24, 2.45) is 5.92 Å². The highest BCUT2D eigenvalue weighted by atomic mass is 35.5. The van der Waals surface area contributed by atoms with Gasteiger partial charge in [0.15, 0.2) is 0 Å². The van der Waals surface area contributed by atoms with Crippen LogP contribution in [0.1, 0.15) is 43.7 Å². The molecule has 5 heteroatoms. The number of hydrogen-bond donors (Lipinski definition) is 0. The van der Waals surface area contributed by atoms with Crippen molar-refractivity contribution in [3.63, 3.8) is 0 Å².